The van der Waals surface area contributed by atoms with Gasteiger partial charge in [0.15, 0.2) is 0 Å². The predicted molar refractivity (Wildman–Crippen MR) is 132 cm³/mol. The first-order valence-electron chi connectivity index (χ1n) is 11.8. The number of rotatable bonds is 7. The molecule has 0 bridgehead atoms. The fourth-order valence-corrected chi connectivity index (χ4v) is 6.01. The normalized spacial score (nSPS) is 19.8. The van der Waals surface area contributed by atoms with Gasteiger partial charge in [0.1, 0.15) is 22.9 Å². The second-order valence-electron chi connectivity index (χ2n) is 8.90. The summed E-state index contributed by atoms with van der Waals surface area (Å²) in [5, 5.41) is 0. The number of ether oxygens (including phenoxy) is 3. The number of piperazine rings is 1. The lowest BCUT2D eigenvalue weighted by molar-refractivity contribution is -0.0257. The van der Waals surface area contributed by atoms with Crippen molar-refractivity contribution in [3.8, 4) is 11.5 Å². The summed E-state index contributed by atoms with van der Waals surface area (Å²) in [5.74, 6) is 0.235. The van der Waals surface area contributed by atoms with Crippen LogP contribution in [0.25, 0.3) is 0 Å². The predicted octanol–water partition coefficient (Wildman–Crippen LogP) is 2.00. The highest BCUT2D eigenvalue weighted by atomic mass is 32.2. The van der Waals surface area contributed by atoms with Gasteiger partial charge in [0, 0.05) is 45.8 Å². The third-order valence-corrected chi connectivity index (χ3v) is 8.51. The Morgan fingerprint density at radius 1 is 1.06 bits per heavy atom. The lowest BCUT2D eigenvalue weighted by Crippen LogP contribution is -2.54. The molecule has 4 rings (SSSR count). The number of carbonyl (C=O) groups excluding carboxylic acids is 1. The van der Waals surface area contributed by atoms with Crippen LogP contribution in [0, 0.1) is 12.7 Å². The van der Waals surface area contributed by atoms with E-state index in [9.17, 15) is 17.6 Å². The molecule has 0 aliphatic carbocycles. The molecule has 2 aliphatic rings. The van der Waals surface area contributed by atoms with E-state index in [1.165, 1.54) is 30.7 Å². The van der Waals surface area contributed by atoms with E-state index < -0.39 is 15.8 Å². The molecule has 1 atom stereocenters. The lowest BCUT2D eigenvalue weighted by atomic mass is 10.1. The van der Waals surface area contributed by atoms with Gasteiger partial charge in [-0.15, -0.1) is 0 Å². The maximum atomic E-state index is 14.0. The minimum Gasteiger partial charge on any atom is -0.496 e. The standard InChI is InChI=1S/C25H32FN3O6S/c1-18-7-8-20(15-21(18)26)36(31,32)29-13-14-35-19(17-29)16-27-9-11-28(12-10-27)25(30)24-22(33-2)5-4-6-23(24)34-3/h4-8,15,19H,9-14,16-17H2,1-3H3. The summed E-state index contributed by atoms with van der Waals surface area (Å²) in [7, 11) is -0.780. The summed E-state index contributed by atoms with van der Waals surface area (Å²) < 4.78 is 58.1. The number of morpholine rings is 1. The lowest BCUT2D eigenvalue weighted by Gasteiger charge is -2.39. The quantitative estimate of drug-likeness (QED) is 0.551. The van der Waals surface area contributed by atoms with E-state index >= 15 is 0 Å². The molecule has 2 fully saturated rings. The van der Waals surface area contributed by atoms with E-state index in [1.807, 2.05) is 0 Å². The number of nitrogens with zero attached hydrogens (tertiary/aromatic N) is 3. The fraction of sp³-hybridized carbons (Fsp3) is 0.480. The van der Waals surface area contributed by atoms with Crippen molar-refractivity contribution in [2.75, 3.05) is 66.6 Å². The Morgan fingerprint density at radius 3 is 2.33 bits per heavy atom. The van der Waals surface area contributed by atoms with Crippen molar-refractivity contribution in [2.24, 2.45) is 0 Å². The molecule has 2 heterocycles. The molecule has 196 valence electrons. The minimum absolute atomic E-state index is 0.0508. The molecule has 1 amide bonds. The molecule has 2 aliphatic heterocycles. The number of methoxy groups -OCH3 is 2. The number of benzene rings is 2. The van der Waals surface area contributed by atoms with Gasteiger partial charge in [0.05, 0.1) is 31.8 Å². The Bertz CT molecular complexity index is 1180. The second-order valence-corrected chi connectivity index (χ2v) is 10.8. The monoisotopic (exact) mass is 521 g/mol. The van der Waals surface area contributed by atoms with Gasteiger partial charge in [-0.05, 0) is 36.8 Å². The number of hydrogen-bond acceptors (Lipinski definition) is 7. The fourth-order valence-electron chi connectivity index (χ4n) is 4.55. The summed E-state index contributed by atoms with van der Waals surface area (Å²) >= 11 is 0. The molecular weight excluding hydrogens is 489 g/mol. The Kier molecular flexibility index (Phi) is 8.13. The molecule has 2 saturated heterocycles. The summed E-state index contributed by atoms with van der Waals surface area (Å²) in [4.78, 5) is 17.1. The number of halogens is 1. The van der Waals surface area contributed by atoms with Crippen LogP contribution in [0.15, 0.2) is 41.3 Å². The van der Waals surface area contributed by atoms with Crippen molar-refractivity contribution in [2.45, 2.75) is 17.9 Å². The summed E-state index contributed by atoms with van der Waals surface area (Å²) in [6, 6.07) is 9.22. The van der Waals surface area contributed by atoms with E-state index in [-0.39, 0.29) is 36.6 Å². The van der Waals surface area contributed by atoms with Crippen LogP contribution in [0.3, 0.4) is 0 Å². The first kappa shape index (κ1) is 26.3. The minimum atomic E-state index is -3.82. The molecule has 0 saturated carbocycles. The molecule has 0 N–H and O–H groups in total. The van der Waals surface area contributed by atoms with E-state index in [2.05, 4.69) is 4.90 Å². The molecule has 2 aromatic rings. The molecule has 2 aromatic carbocycles. The van der Waals surface area contributed by atoms with Gasteiger partial charge in [-0.3, -0.25) is 9.69 Å². The van der Waals surface area contributed by atoms with Crippen molar-refractivity contribution in [3.05, 3.63) is 53.3 Å². The van der Waals surface area contributed by atoms with Crippen LogP contribution in [0.4, 0.5) is 4.39 Å². The highest BCUT2D eigenvalue weighted by molar-refractivity contribution is 7.89. The van der Waals surface area contributed by atoms with Gasteiger partial charge in [-0.2, -0.15) is 4.31 Å². The van der Waals surface area contributed by atoms with Crippen molar-refractivity contribution in [1.82, 2.24) is 14.1 Å². The van der Waals surface area contributed by atoms with Crippen LogP contribution in [-0.2, 0) is 14.8 Å². The molecular formula is C25H32FN3O6S. The van der Waals surface area contributed by atoms with E-state index in [0.29, 0.717) is 55.3 Å². The number of hydrogen-bond donors (Lipinski definition) is 0. The van der Waals surface area contributed by atoms with Crippen LogP contribution in [0.2, 0.25) is 0 Å². The van der Waals surface area contributed by atoms with Crippen molar-refractivity contribution < 1.29 is 31.8 Å². The molecule has 0 spiro atoms. The molecule has 9 nitrogen and oxygen atoms in total. The highest BCUT2D eigenvalue weighted by Gasteiger charge is 2.33. The zero-order chi connectivity index (χ0) is 25.9. The van der Waals surface area contributed by atoms with Gasteiger partial charge in [-0.1, -0.05) is 12.1 Å². The molecule has 0 aromatic heterocycles. The zero-order valence-electron chi connectivity index (χ0n) is 20.8. The van der Waals surface area contributed by atoms with Crippen LogP contribution < -0.4 is 9.47 Å². The molecule has 36 heavy (non-hydrogen) atoms. The van der Waals surface area contributed by atoms with Crippen LogP contribution in [0.1, 0.15) is 15.9 Å². The number of sulfonamides is 1. The van der Waals surface area contributed by atoms with Crippen molar-refractivity contribution in [1.29, 1.82) is 0 Å². The Hall–Kier alpha value is -2.73. The van der Waals surface area contributed by atoms with Gasteiger partial charge in [0.2, 0.25) is 10.0 Å². The van der Waals surface area contributed by atoms with Crippen molar-refractivity contribution in [3.63, 3.8) is 0 Å². The summed E-state index contributed by atoms with van der Waals surface area (Å²) in [6.07, 6.45) is -0.319. The van der Waals surface area contributed by atoms with E-state index in [4.69, 9.17) is 14.2 Å². The highest BCUT2D eigenvalue weighted by Crippen LogP contribution is 2.30. The van der Waals surface area contributed by atoms with Gasteiger partial charge in [0.25, 0.3) is 5.91 Å². The second kappa shape index (κ2) is 11.1. The SMILES string of the molecule is COc1cccc(OC)c1C(=O)N1CCN(CC2CN(S(=O)(=O)c3ccc(C)c(F)c3)CCO2)CC1. The van der Waals surface area contributed by atoms with Gasteiger partial charge in [-0.25, -0.2) is 12.8 Å². The largest absolute Gasteiger partial charge is 0.496 e. The average Bonchev–Trinajstić information content (AvgIpc) is 2.89. The van der Waals surface area contributed by atoms with Crippen molar-refractivity contribution >= 4 is 15.9 Å². The number of aryl methyl sites for hydroxylation is 1. The average molecular weight is 522 g/mol. The summed E-state index contributed by atoms with van der Waals surface area (Å²) in [6.45, 7) is 5.08. The molecule has 1 unspecified atom stereocenters. The van der Waals surface area contributed by atoms with E-state index in [0.717, 1.165) is 6.07 Å². The Balaban J connectivity index is 1.35. The third kappa shape index (κ3) is 5.49. The van der Waals surface area contributed by atoms with Crippen LogP contribution >= 0.6 is 0 Å². The smallest absolute Gasteiger partial charge is 0.261 e. The Morgan fingerprint density at radius 2 is 1.72 bits per heavy atom. The van der Waals surface area contributed by atoms with Gasteiger partial charge < -0.3 is 19.1 Å². The van der Waals surface area contributed by atoms with Gasteiger partial charge >= 0.3 is 0 Å². The maximum absolute atomic E-state index is 14.0. The molecule has 11 heteroatoms. The number of amides is 1. The maximum Gasteiger partial charge on any atom is 0.261 e. The first-order chi connectivity index (χ1) is 17.2. The van der Waals surface area contributed by atoms with E-state index in [1.54, 1.807) is 30.0 Å². The molecule has 0 radical (unpaired) electrons. The third-order valence-electron chi connectivity index (χ3n) is 6.65. The topological polar surface area (TPSA) is 88.6 Å². The van der Waals surface area contributed by atoms with Crippen LogP contribution in [-0.4, -0.2) is 101 Å². The van der Waals surface area contributed by atoms with Crippen LogP contribution in [0.5, 0.6) is 11.5 Å². The summed E-state index contributed by atoms with van der Waals surface area (Å²) in [5.41, 5.74) is 0.801. The first-order valence-corrected chi connectivity index (χ1v) is 13.3. The zero-order valence-corrected chi connectivity index (χ0v) is 21.6. The number of carbonyl (C=O) groups is 1. The Labute approximate surface area is 211 Å².